The van der Waals surface area contributed by atoms with Crippen LogP contribution in [-0.2, 0) is 4.79 Å². The summed E-state index contributed by atoms with van der Waals surface area (Å²) in [4.78, 5) is 22.5. The van der Waals surface area contributed by atoms with Gasteiger partial charge in [-0.1, -0.05) is 6.07 Å². The zero-order chi connectivity index (χ0) is 18.1. The van der Waals surface area contributed by atoms with Gasteiger partial charge in [0.15, 0.2) is 0 Å². The van der Waals surface area contributed by atoms with Crippen LogP contribution in [-0.4, -0.2) is 31.6 Å². The molecule has 0 aromatic heterocycles. The summed E-state index contributed by atoms with van der Waals surface area (Å²) in [5, 5.41) is 2.41. The number of hydrogen-bond donors (Lipinski definition) is 2. The minimum Gasteiger partial charge on any atom is -0.493 e. The lowest BCUT2D eigenvalue weighted by Gasteiger charge is -2.09. The van der Waals surface area contributed by atoms with Crippen LogP contribution >= 0.6 is 0 Å². The molecular formula is C18H19FN2O4. The summed E-state index contributed by atoms with van der Waals surface area (Å²) in [6.07, 6.45) is 0.621. The SMILES string of the molecule is NC(=O)CNC(=O)c1cccc(OCCCOc2ccc(F)cc2)c1. The number of ether oxygens (including phenoxy) is 2. The highest BCUT2D eigenvalue weighted by molar-refractivity contribution is 5.96. The van der Waals surface area contributed by atoms with E-state index in [9.17, 15) is 14.0 Å². The van der Waals surface area contributed by atoms with Crippen LogP contribution in [0.2, 0.25) is 0 Å². The molecule has 6 nitrogen and oxygen atoms in total. The lowest BCUT2D eigenvalue weighted by Crippen LogP contribution is -2.33. The number of amides is 2. The fraction of sp³-hybridized carbons (Fsp3) is 0.222. The molecule has 0 saturated carbocycles. The molecule has 0 aliphatic rings. The van der Waals surface area contributed by atoms with Gasteiger partial charge < -0.3 is 20.5 Å². The average Bonchev–Trinajstić information content (AvgIpc) is 2.61. The fourth-order valence-electron chi connectivity index (χ4n) is 1.97. The molecule has 0 saturated heterocycles. The van der Waals surface area contributed by atoms with Crippen LogP contribution < -0.4 is 20.5 Å². The van der Waals surface area contributed by atoms with E-state index in [0.29, 0.717) is 36.7 Å². The highest BCUT2D eigenvalue weighted by atomic mass is 19.1. The molecule has 0 heterocycles. The van der Waals surface area contributed by atoms with Crippen molar-refractivity contribution in [2.24, 2.45) is 5.73 Å². The van der Waals surface area contributed by atoms with Crippen molar-refractivity contribution in [1.82, 2.24) is 5.32 Å². The molecule has 2 aromatic rings. The largest absolute Gasteiger partial charge is 0.493 e. The molecule has 0 aliphatic heterocycles. The minimum atomic E-state index is -0.609. The molecule has 132 valence electrons. The van der Waals surface area contributed by atoms with Crippen molar-refractivity contribution in [3.8, 4) is 11.5 Å². The van der Waals surface area contributed by atoms with E-state index in [-0.39, 0.29) is 12.4 Å². The van der Waals surface area contributed by atoms with Crippen molar-refractivity contribution in [2.75, 3.05) is 19.8 Å². The maximum Gasteiger partial charge on any atom is 0.251 e. The molecule has 0 unspecified atom stereocenters. The Bertz CT molecular complexity index is 719. The third-order valence-corrected chi connectivity index (χ3v) is 3.16. The Hall–Kier alpha value is -3.09. The van der Waals surface area contributed by atoms with Crippen LogP contribution in [0.15, 0.2) is 48.5 Å². The Morgan fingerprint density at radius 2 is 1.68 bits per heavy atom. The summed E-state index contributed by atoms with van der Waals surface area (Å²) in [5.74, 6) is -0.191. The molecule has 25 heavy (non-hydrogen) atoms. The Morgan fingerprint density at radius 3 is 2.36 bits per heavy atom. The van der Waals surface area contributed by atoms with Gasteiger partial charge >= 0.3 is 0 Å². The summed E-state index contributed by atoms with van der Waals surface area (Å²) in [6.45, 7) is 0.600. The number of carbonyl (C=O) groups is 2. The first-order valence-electron chi connectivity index (χ1n) is 7.72. The predicted octanol–water partition coefficient (Wildman–Crippen LogP) is 1.89. The van der Waals surface area contributed by atoms with Gasteiger partial charge in [0.25, 0.3) is 5.91 Å². The summed E-state index contributed by atoms with van der Waals surface area (Å²) in [6, 6.07) is 12.4. The molecule has 0 atom stereocenters. The molecule has 0 bridgehead atoms. The third kappa shape index (κ3) is 6.50. The van der Waals surface area contributed by atoms with E-state index >= 15 is 0 Å². The maximum absolute atomic E-state index is 12.8. The van der Waals surface area contributed by atoms with Crippen molar-refractivity contribution >= 4 is 11.8 Å². The third-order valence-electron chi connectivity index (χ3n) is 3.16. The second kappa shape index (κ2) is 9.27. The van der Waals surface area contributed by atoms with E-state index in [0.717, 1.165) is 0 Å². The Kier molecular flexibility index (Phi) is 6.76. The van der Waals surface area contributed by atoms with Crippen molar-refractivity contribution in [3.63, 3.8) is 0 Å². The van der Waals surface area contributed by atoms with Crippen LogP contribution in [0, 0.1) is 5.82 Å². The van der Waals surface area contributed by atoms with Crippen LogP contribution in [0.4, 0.5) is 4.39 Å². The zero-order valence-electron chi connectivity index (χ0n) is 13.5. The van der Waals surface area contributed by atoms with E-state index in [1.165, 1.54) is 12.1 Å². The van der Waals surface area contributed by atoms with Gasteiger partial charge in [0, 0.05) is 12.0 Å². The van der Waals surface area contributed by atoms with E-state index in [4.69, 9.17) is 15.2 Å². The monoisotopic (exact) mass is 346 g/mol. The standard InChI is InChI=1S/C18H19FN2O4/c19-14-5-7-15(8-6-14)24-9-2-10-25-16-4-1-3-13(11-16)18(23)21-12-17(20)22/h1,3-8,11H,2,9-10,12H2,(H2,20,22)(H,21,23). The van der Waals surface area contributed by atoms with Crippen molar-refractivity contribution in [3.05, 3.63) is 59.9 Å². The fourth-order valence-corrected chi connectivity index (χ4v) is 1.97. The molecule has 2 aromatic carbocycles. The molecule has 2 amide bonds. The molecule has 0 fully saturated rings. The zero-order valence-corrected chi connectivity index (χ0v) is 13.5. The number of carbonyl (C=O) groups excluding carboxylic acids is 2. The number of halogens is 1. The molecular weight excluding hydrogens is 327 g/mol. The van der Waals surface area contributed by atoms with Gasteiger partial charge in [0.05, 0.1) is 19.8 Å². The number of nitrogens with two attached hydrogens (primary N) is 1. The van der Waals surface area contributed by atoms with E-state index in [1.54, 1.807) is 36.4 Å². The summed E-state index contributed by atoms with van der Waals surface area (Å²) in [5.41, 5.74) is 5.36. The Labute approximate surface area is 144 Å². The average molecular weight is 346 g/mol. The number of primary amides is 1. The number of hydrogen-bond acceptors (Lipinski definition) is 4. The molecule has 0 radical (unpaired) electrons. The summed E-state index contributed by atoms with van der Waals surface area (Å²) >= 11 is 0. The van der Waals surface area contributed by atoms with Crippen LogP contribution in [0.25, 0.3) is 0 Å². The Balaban J connectivity index is 1.73. The highest BCUT2D eigenvalue weighted by Crippen LogP contribution is 2.14. The normalized spacial score (nSPS) is 10.1. The molecule has 7 heteroatoms. The second-order valence-corrected chi connectivity index (χ2v) is 5.18. The minimum absolute atomic E-state index is 0.218. The topological polar surface area (TPSA) is 90.7 Å². The predicted molar refractivity (Wildman–Crippen MR) is 90.0 cm³/mol. The molecule has 3 N–H and O–H groups in total. The van der Waals surface area contributed by atoms with Crippen LogP contribution in [0.1, 0.15) is 16.8 Å². The van der Waals surface area contributed by atoms with Crippen LogP contribution in [0.5, 0.6) is 11.5 Å². The van der Waals surface area contributed by atoms with Gasteiger partial charge in [-0.25, -0.2) is 4.39 Å². The van der Waals surface area contributed by atoms with Gasteiger partial charge in [0.2, 0.25) is 5.91 Å². The first-order chi connectivity index (χ1) is 12.0. The van der Waals surface area contributed by atoms with Gasteiger partial charge in [0.1, 0.15) is 17.3 Å². The maximum atomic E-state index is 12.8. The van der Waals surface area contributed by atoms with Gasteiger partial charge in [-0.3, -0.25) is 9.59 Å². The number of benzene rings is 2. The lowest BCUT2D eigenvalue weighted by molar-refractivity contribution is -0.117. The number of nitrogens with one attached hydrogen (secondary N) is 1. The van der Waals surface area contributed by atoms with Gasteiger partial charge in [-0.15, -0.1) is 0 Å². The van der Waals surface area contributed by atoms with Crippen molar-refractivity contribution in [2.45, 2.75) is 6.42 Å². The van der Waals surface area contributed by atoms with E-state index in [2.05, 4.69) is 5.32 Å². The smallest absolute Gasteiger partial charge is 0.251 e. The van der Waals surface area contributed by atoms with E-state index < -0.39 is 11.8 Å². The van der Waals surface area contributed by atoms with E-state index in [1.807, 2.05) is 0 Å². The second-order valence-electron chi connectivity index (χ2n) is 5.18. The first-order valence-corrected chi connectivity index (χ1v) is 7.72. The van der Waals surface area contributed by atoms with Gasteiger partial charge in [-0.05, 0) is 42.5 Å². The quantitative estimate of drug-likeness (QED) is 0.679. The Morgan fingerprint density at radius 1 is 1.00 bits per heavy atom. The summed E-state index contributed by atoms with van der Waals surface area (Å²) < 4.78 is 23.8. The molecule has 2 rings (SSSR count). The lowest BCUT2D eigenvalue weighted by atomic mass is 10.2. The highest BCUT2D eigenvalue weighted by Gasteiger charge is 2.07. The molecule has 0 aliphatic carbocycles. The van der Waals surface area contributed by atoms with Crippen LogP contribution in [0.3, 0.4) is 0 Å². The summed E-state index contributed by atoms with van der Waals surface area (Å²) in [7, 11) is 0. The number of rotatable bonds is 9. The van der Waals surface area contributed by atoms with Crippen molar-refractivity contribution in [1.29, 1.82) is 0 Å². The molecule has 0 spiro atoms. The van der Waals surface area contributed by atoms with Gasteiger partial charge in [-0.2, -0.15) is 0 Å². The first kappa shape index (κ1) is 18.3. The van der Waals surface area contributed by atoms with Crippen molar-refractivity contribution < 1.29 is 23.5 Å².